The maximum atomic E-state index is 12.3. The fourth-order valence-corrected chi connectivity index (χ4v) is 4.19. The molecule has 2 heterocycles. The standard InChI is InChI=1S/C21H31N3O2/c1-22-14-15-23(12-5-8-19-6-3-2-4-7-19)18-21(22)10-9-20(26)24(13-11-21)16-17-25/h2-8,25H,9-18H2,1H3/b8-5+/t21-/m0/s1. The Morgan fingerprint density at radius 2 is 1.96 bits per heavy atom. The summed E-state index contributed by atoms with van der Waals surface area (Å²) in [7, 11) is 2.20. The number of β-amino-alcohol motifs (C(OH)–C–C–N with tert-alkyl or cyclic N) is 1. The van der Waals surface area contributed by atoms with Crippen molar-refractivity contribution in [2.24, 2.45) is 0 Å². The SMILES string of the molecule is CN1CCN(C/C=C/c2ccccc2)C[C@@]12CCC(=O)N(CCO)CC2. The Balaban J connectivity index is 1.62. The highest BCUT2D eigenvalue weighted by Crippen LogP contribution is 2.32. The van der Waals surface area contributed by atoms with Crippen LogP contribution in [-0.2, 0) is 4.79 Å². The molecule has 5 heteroatoms. The lowest BCUT2D eigenvalue weighted by molar-refractivity contribution is -0.131. The molecule has 0 aromatic heterocycles. The molecule has 1 aromatic rings. The number of piperazine rings is 1. The number of hydrogen-bond donors (Lipinski definition) is 1. The summed E-state index contributed by atoms with van der Waals surface area (Å²) < 4.78 is 0. The van der Waals surface area contributed by atoms with Crippen molar-refractivity contribution in [3.05, 3.63) is 42.0 Å². The van der Waals surface area contributed by atoms with E-state index in [-0.39, 0.29) is 18.1 Å². The second-order valence-corrected chi connectivity index (χ2v) is 7.55. The highest BCUT2D eigenvalue weighted by Gasteiger charge is 2.41. The number of likely N-dealkylation sites (tertiary alicyclic amines) is 1. The lowest BCUT2D eigenvalue weighted by atomic mass is 9.86. The lowest BCUT2D eigenvalue weighted by Crippen LogP contribution is -2.61. The van der Waals surface area contributed by atoms with Crippen LogP contribution in [0.25, 0.3) is 6.08 Å². The minimum atomic E-state index is 0.0466. The molecule has 0 bridgehead atoms. The third-order valence-electron chi connectivity index (χ3n) is 5.93. The minimum Gasteiger partial charge on any atom is -0.395 e. The Labute approximate surface area is 156 Å². The summed E-state index contributed by atoms with van der Waals surface area (Å²) in [5.41, 5.74) is 1.30. The fraction of sp³-hybridized carbons (Fsp3) is 0.571. The molecule has 0 unspecified atom stereocenters. The summed E-state index contributed by atoms with van der Waals surface area (Å²) in [6.07, 6.45) is 6.90. The Morgan fingerprint density at radius 1 is 1.15 bits per heavy atom. The molecular formula is C21H31N3O2. The Hall–Kier alpha value is -1.69. The maximum Gasteiger partial charge on any atom is 0.222 e. The number of amides is 1. The van der Waals surface area contributed by atoms with E-state index in [2.05, 4.69) is 53.3 Å². The monoisotopic (exact) mass is 357 g/mol. The summed E-state index contributed by atoms with van der Waals surface area (Å²) in [5.74, 6) is 0.186. The quantitative estimate of drug-likeness (QED) is 0.871. The van der Waals surface area contributed by atoms with Crippen molar-refractivity contribution in [2.75, 3.05) is 52.9 Å². The van der Waals surface area contributed by atoms with Crippen LogP contribution in [0.15, 0.2) is 36.4 Å². The number of aliphatic hydroxyl groups excluding tert-OH is 1. The molecule has 1 amide bonds. The van der Waals surface area contributed by atoms with Crippen molar-refractivity contribution in [3.8, 4) is 0 Å². The summed E-state index contributed by atoms with van der Waals surface area (Å²) in [6, 6.07) is 10.4. The normalized spacial score (nSPS) is 25.9. The molecule has 2 saturated heterocycles. The van der Waals surface area contributed by atoms with Crippen molar-refractivity contribution in [3.63, 3.8) is 0 Å². The predicted octanol–water partition coefficient (Wildman–Crippen LogP) is 1.69. The number of carbonyl (C=O) groups excluding carboxylic acids is 1. The van der Waals surface area contributed by atoms with Gasteiger partial charge in [0.15, 0.2) is 0 Å². The second-order valence-electron chi connectivity index (χ2n) is 7.55. The van der Waals surface area contributed by atoms with Gasteiger partial charge in [0, 0.05) is 51.2 Å². The highest BCUT2D eigenvalue weighted by atomic mass is 16.3. The van der Waals surface area contributed by atoms with E-state index in [4.69, 9.17) is 0 Å². The zero-order valence-corrected chi connectivity index (χ0v) is 15.8. The zero-order valence-electron chi connectivity index (χ0n) is 15.8. The second kappa shape index (κ2) is 8.80. The lowest BCUT2D eigenvalue weighted by Gasteiger charge is -2.49. The first kappa shape index (κ1) is 19.1. The van der Waals surface area contributed by atoms with Gasteiger partial charge in [-0.2, -0.15) is 0 Å². The van der Waals surface area contributed by atoms with E-state index in [0.717, 1.165) is 45.6 Å². The van der Waals surface area contributed by atoms with Gasteiger partial charge < -0.3 is 10.0 Å². The zero-order chi connectivity index (χ0) is 18.4. The van der Waals surface area contributed by atoms with Crippen molar-refractivity contribution in [1.82, 2.24) is 14.7 Å². The van der Waals surface area contributed by atoms with Gasteiger partial charge in [-0.1, -0.05) is 42.5 Å². The van der Waals surface area contributed by atoms with Gasteiger partial charge in [-0.05, 0) is 25.5 Å². The number of benzene rings is 1. The number of hydrogen-bond acceptors (Lipinski definition) is 4. The molecule has 142 valence electrons. The van der Waals surface area contributed by atoms with Crippen LogP contribution in [0.3, 0.4) is 0 Å². The number of aliphatic hydroxyl groups is 1. The summed E-state index contributed by atoms with van der Waals surface area (Å²) in [4.78, 5) is 19.1. The van der Waals surface area contributed by atoms with Gasteiger partial charge in [-0.3, -0.25) is 14.6 Å². The molecule has 0 saturated carbocycles. The van der Waals surface area contributed by atoms with Crippen LogP contribution in [0.2, 0.25) is 0 Å². The van der Waals surface area contributed by atoms with Gasteiger partial charge in [-0.25, -0.2) is 0 Å². The van der Waals surface area contributed by atoms with Crippen molar-refractivity contribution >= 4 is 12.0 Å². The third kappa shape index (κ3) is 4.53. The van der Waals surface area contributed by atoms with Crippen LogP contribution in [-0.4, -0.2) is 84.2 Å². The smallest absolute Gasteiger partial charge is 0.222 e. The Morgan fingerprint density at radius 3 is 2.73 bits per heavy atom. The van der Waals surface area contributed by atoms with Gasteiger partial charge >= 0.3 is 0 Å². The molecule has 26 heavy (non-hydrogen) atoms. The Kier molecular flexibility index (Phi) is 6.46. The van der Waals surface area contributed by atoms with E-state index < -0.39 is 0 Å². The van der Waals surface area contributed by atoms with E-state index >= 15 is 0 Å². The summed E-state index contributed by atoms with van der Waals surface area (Å²) in [6.45, 7) is 5.30. The maximum absolute atomic E-state index is 12.3. The molecular weight excluding hydrogens is 326 g/mol. The van der Waals surface area contributed by atoms with E-state index in [1.807, 2.05) is 11.0 Å². The van der Waals surface area contributed by atoms with E-state index in [1.54, 1.807) is 0 Å². The molecule has 1 spiro atoms. The van der Waals surface area contributed by atoms with Crippen LogP contribution in [0.4, 0.5) is 0 Å². The van der Waals surface area contributed by atoms with Crippen LogP contribution in [0.5, 0.6) is 0 Å². The summed E-state index contributed by atoms with van der Waals surface area (Å²) in [5, 5.41) is 9.19. The molecule has 5 nitrogen and oxygen atoms in total. The molecule has 2 aliphatic rings. The number of rotatable bonds is 5. The van der Waals surface area contributed by atoms with Gasteiger partial charge in [0.1, 0.15) is 0 Å². The first-order valence-electron chi connectivity index (χ1n) is 9.67. The van der Waals surface area contributed by atoms with Crippen LogP contribution < -0.4 is 0 Å². The van der Waals surface area contributed by atoms with E-state index in [1.165, 1.54) is 5.56 Å². The molecule has 3 rings (SSSR count). The highest BCUT2D eigenvalue weighted by molar-refractivity contribution is 5.76. The van der Waals surface area contributed by atoms with Crippen LogP contribution in [0.1, 0.15) is 24.8 Å². The molecule has 0 aliphatic carbocycles. The number of nitrogens with zero attached hydrogens (tertiary/aromatic N) is 3. The summed E-state index contributed by atoms with van der Waals surface area (Å²) >= 11 is 0. The average Bonchev–Trinajstić information content (AvgIpc) is 2.81. The first-order chi connectivity index (χ1) is 12.6. The van der Waals surface area contributed by atoms with Gasteiger partial charge in [0.25, 0.3) is 0 Å². The molecule has 2 aliphatic heterocycles. The number of likely N-dealkylation sites (N-methyl/N-ethyl adjacent to an activating group) is 1. The van der Waals surface area contributed by atoms with Crippen molar-refractivity contribution in [1.29, 1.82) is 0 Å². The molecule has 0 radical (unpaired) electrons. The van der Waals surface area contributed by atoms with Crippen molar-refractivity contribution < 1.29 is 9.90 Å². The number of carbonyl (C=O) groups is 1. The fourth-order valence-electron chi connectivity index (χ4n) is 4.19. The van der Waals surface area contributed by atoms with Gasteiger partial charge in [0.05, 0.1) is 6.61 Å². The van der Waals surface area contributed by atoms with Crippen LogP contribution >= 0.6 is 0 Å². The topological polar surface area (TPSA) is 47.0 Å². The van der Waals surface area contributed by atoms with E-state index in [0.29, 0.717) is 13.0 Å². The molecule has 2 fully saturated rings. The van der Waals surface area contributed by atoms with Crippen LogP contribution in [0, 0.1) is 0 Å². The minimum absolute atomic E-state index is 0.0466. The van der Waals surface area contributed by atoms with Crippen molar-refractivity contribution in [2.45, 2.75) is 24.8 Å². The Bertz CT molecular complexity index is 619. The largest absolute Gasteiger partial charge is 0.395 e. The van der Waals surface area contributed by atoms with E-state index in [9.17, 15) is 9.90 Å². The molecule has 1 atom stereocenters. The average molecular weight is 357 g/mol. The molecule has 1 aromatic carbocycles. The van der Waals surface area contributed by atoms with Gasteiger partial charge in [-0.15, -0.1) is 0 Å². The third-order valence-corrected chi connectivity index (χ3v) is 5.93. The predicted molar refractivity (Wildman–Crippen MR) is 105 cm³/mol. The first-order valence-corrected chi connectivity index (χ1v) is 9.67. The van der Waals surface area contributed by atoms with Gasteiger partial charge in [0.2, 0.25) is 5.91 Å². The molecule has 1 N–H and O–H groups in total.